The lowest BCUT2D eigenvalue weighted by molar-refractivity contribution is 0.0786. The van der Waals surface area contributed by atoms with Crippen LogP contribution in [0.25, 0.3) is 0 Å². The largest absolute Gasteiger partial charge is 0.340 e. The Hall–Kier alpha value is -2.50. The maximum absolute atomic E-state index is 13.2. The molecule has 1 aliphatic rings. The van der Waals surface area contributed by atoms with E-state index in [0.717, 1.165) is 25.9 Å². The normalized spacial score (nSPS) is 14.2. The lowest BCUT2D eigenvalue weighted by atomic mass is 10.3. The second kappa shape index (κ2) is 6.09. The molecule has 0 radical (unpaired) electrons. The highest BCUT2D eigenvalue weighted by molar-refractivity contribution is 5.93. The molecule has 1 aromatic heterocycles. The number of aromatic nitrogens is 2. The Morgan fingerprint density at radius 3 is 2.73 bits per heavy atom. The summed E-state index contributed by atoms with van der Waals surface area (Å²) >= 11 is 0. The summed E-state index contributed by atoms with van der Waals surface area (Å²) in [5, 5.41) is 3.01. The highest BCUT2D eigenvalue weighted by Gasteiger charge is 2.21. The first-order chi connectivity index (χ1) is 10.6. The second-order valence-corrected chi connectivity index (χ2v) is 5.32. The van der Waals surface area contributed by atoms with Crippen molar-refractivity contribution in [2.75, 3.05) is 18.4 Å². The zero-order valence-electron chi connectivity index (χ0n) is 12.3. The Morgan fingerprint density at radius 2 is 2.00 bits per heavy atom. The van der Waals surface area contributed by atoms with Gasteiger partial charge in [-0.05, 0) is 38.0 Å². The molecular formula is C16H17FN4O. The van der Waals surface area contributed by atoms with Crippen molar-refractivity contribution in [1.29, 1.82) is 0 Å². The summed E-state index contributed by atoms with van der Waals surface area (Å²) in [6, 6.07) is 7.71. The van der Waals surface area contributed by atoms with Crippen molar-refractivity contribution < 1.29 is 9.18 Å². The number of hydrogen-bond donors (Lipinski definition) is 1. The third-order valence-corrected chi connectivity index (χ3v) is 3.55. The van der Waals surface area contributed by atoms with E-state index in [1.165, 1.54) is 12.1 Å². The fraction of sp³-hybridized carbons (Fsp3) is 0.312. The Morgan fingerprint density at radius 1 is 1.23 bits per heavy atom. The van der Waals surface area contributed by atoms with Gasteiger partial charge in [0.1, 0.15) is 23.2 Å². The highest BCUT2D eigenvalue weighted by atomic mass is 19.1. The van der Waals surface area contributed by atoms with Crippen molar-refractivity contribution in [3.05, 3.63) is 47.7 Å². The molecule has 6 heteroatoms. The van der Waals surface area contributed by atoms with Gasteiger partial charge >= 0.3 is 0 Å². The van der Waals surface area contributed by atoms with Gasteiger partial charge in [0.2, 0.25) is 0 Å². The third kappa shape index (κ3) is 3.21. The number of amides is 1. The molecular weight excluding hydrogens is 283 g/mol. The van der Waals surface area contributed by atoms with Crippen LogP contribution in [0, 0.1) is 12.7 Å². The van der Waals surface area contributed by atoms with E-state index in [1.54, 1.807) is 30.0 Å². The van der Waals surface area contributed by atoms with E-state index in [1.807, 2.05) is 0 Å². The van der Waals surface area contributed by atoms with Crippen molar-refractivity contribution in [3.8, 4) is 0 Å². The summed E-state index contributed by atoms with van der Waals surface area (Å²) in [7, 11) is 0. The number of nitrogens with one attached hydrogen (secondary N) is 1. The molecule has 1 fully saturated rings. The van der Waals surface area contributed by atoms with Gasteiger partial charge in [0, 0.05) is 24.8 Å². The Kier molecular flexibility index (Phi) is 4.00. The molecule has 1 aromatic carbocycles. The third-order valence-electron chi connectivity index (χ3n) is 3.55. The number of rotatable bonds is 3. The number of aryl methyl sites for hydroxylation is 1. The number of hydrogen-bond acceptors (Lipinski definition) is 4. The van der Waals surface area contributed by atoms with Crippen LogP contribution in [0.15, 0.2) is 30.3 Å². The van der Waals surface area contributed by atoms with E-state index >= 15 is 0 Å². The molecule has 0 saturated carbocycles. The predicted octanol–water partition coefficient (Wildman–Crippen LogP) is 2.90. The smallest absolute Gasteiger partial charge is 0.272 e. The molecule has 0 unspecified atom stereocenters. The van der Waals surface area contributed by atoms with Crippen LogP contribution in [0.4, 0.5) is 15.9 Å². The summed E-state index contributed by atoms with van der Waals surface area (Å²) in [5.41, 5.74) is 0.950. The molecule has 114 valence electrons. The van der Waals surface area contributed by atoms with E-state index in [-0.39, 0.29) is 11.7 Å². The maximum atomic E-state index is 13.2. The molecule has 1 amide bonds. The van der Waals surface area contributed by atoms with E-state index in [2.05, 4.69) is 15.3 Å². The average molecular weight is 300 g/mol. The van der Waals surface area contributed by atoms with Crippen LogP contribution in [0.2, 0.25) is 0 Å². The number of carbonyl (C=O) groups excluding carboxylic acids is 1. The number of benzene rings is 1. The van der Waals surface area contributed by atoms with E-state index < -0.39 is 0 Å². The average Bonchev–Trinajstić information content (AvgIpc) is 3.00. The van der Waals surface area contributed by atoms with Crippen LogP contribution in [-0.2, 0) is 0 Å². The number of halogens is 1. The SMILES string of the molecule is Cc1nc(Nc2cccc(F)c2)cc(C(=O)N2CCCC2)n1. The Balaban J connectivity index is 1.84. The zero-order valence-corrected chi connectivity index (χ0v) is 12.3. The summed E-state index contributed by atoms with van der Waals surface area (Å²) in [4.78, 5) is 22.7. The molecule has 0 bridgehead atoms. The van der Waals surface area contributed by atoms with Crippen molar-refractivity contribution in [1.82, 2.24) is 14.9 Å². The monoisotopic (exact) mass is 300 g/mol. The second-order valence-electron chi connectivity index (χ2n) is 5.32. The van der Waals surface area contributed by atoms with Crippen molar-refractivity contribution in [2.24, 2.45) is 0 Å². The summed E-state index contributed by atoms with van der Waals surface area (Å²) in [5.74, 6) is 0.582. The van der Waals surface area contributed by atoms with Crippen molar-refractivity contribution >= 4 is 17.4 Å². The van der Waals surface area contributed by atoms with Crippen LogP contribution in [0.5, 0.6) is 0 Å². The fourth-order valence-electron chi connectivity index (χ4n) is 2.54. The van der Waals surface area contributed by atoms with Crippen LogP contribution in [-0.4, -0.2) is 33.9 Å². The molecule has 2 heterocycles. The maximum Gasteiger partial charge on any atom is 0.272 e. The minimum atomic E-state index is -0.329. The first kappa shape index (κ1) is 14.4. The van der Waals surface area contributed by atoms with Crippen LogP contribution >= 0.6 is 0 Å². The molecule has 0 aliphatic carbocycles. The molecule has 2 aromatic rings. The summed E-state index contributed by atoms with van der Waals surface area (Å²) < 4.78 is 13.2. The van der Waals surface area contributed by atoms with E-state index in [9.17, 15) is 9.18 Å². The molecule has 22 heavy (non-hydrogen) atoms. The number of anilines is 2. The highest BCUT2D eigenvalue weighted by Crippen LogP contribution is 2.18. The fourth-order valence-corrected chi connectivity index (χ4v) is 2.54. The van der Waals surface area contributed by atoms with Crippen LogP contribution < -0.4 is 5.32 Å². The van der Waals surface area contributed by atoms with E-state index in [4.69, 9.17) is 0 Å². The van der Waals surface area contributed by atoms with Gasteiger partial charge in [-0.2, -0.15) is 0 Å². The molecule has 1 saturated heterocycles. The molecule has 3 rings (SSSR count). The minimum Gasteiger partial charge on any atom is -0.340 e. The van der Waals surface area contributed by atoms with Crippen LogP contribution in [0.1, 0.15) is 29.2 Å². The molecule has 0 atom stereocenters. The lowest BCUT2D eigenvalue weighted by Gasteiger charge is -2.15. The topological polar surface area (TPSA) is 58.1 Å². The van der Waals surface area contributed by atoms with E-state index in [0.29, 0.717) is 23.0 Å². The van der Waals surface area contributed by atoms with Gasteiger partial charge < -0.3 is 10.2 Å². The van der Waals surface area contributed by atoms with Gasteiger partial charge in [-0.3, -0.25) is 4.79 Å². The van der Waals surface area contributed by atoms with Gasteiger partial charge in [0.25, 0.3) is 5.91 Å². The van der Waals surface area contributed by atoms with Gasteiger partial charge in [0.15, 0.2) is 0 Å². The lowest BCUT2D eigenvalue weighted by Crippen LogP contribution is -2.28. The Labute approximate surface area is 128 Å². The summed E-state index contributed by atoms with van der Waals surface area (Å²) in [6.07, 6.45) is 2.06. The summed E-state index contributed by atoms with van der Waals surface area (Å²) in [6.45, 7) is 3.28. The van der Waals surface area contributed by atoms with Crippen molar-refractivity contribution in [2.45, 2.75) is 19.8 Å². The zero-order chi connectivity index (χ0) is 15.5. The van der Waals surface area contributed by atoms with Gasteiger partial charge in [0.05, 0.1) is 0 Å². The standard InChI is InChI=1S/C16H17FN4O/c1-11-18-14(16(22)21-7-2-3-8-21)10-15(19-11)20-13-6-4-5-12(17)9-13/h4-6,9-10H,2-3,7-8H2,1H3,(H,18,19,20). The molecule has 1 aliphatic heterocycles. The first-order valence-electron chi connectivity index (χ1n) is 7.29. The predicted molar refractivity (Wildman–Crippen MR) is 81.6 cm³/mol. The quantitative estimate of drug-likeness (QED) is 0.947. The molecule has 1 N–H and O–H groups in total. The van der Waals surface area contributed by atoms with Gasteiger partial charge in [-0.15, -0.1) is 0 Å². The minimum absolute atomic E-state index is 0.0784. The van der Waals surface area contributed by atoms with Gasteiger partial charge in [-0.25, -0.2) is 14.4 Å². The number of carbonyl (C=O) groups is 1. The van der Waals surface area contributed by atoms with Crippen molar-refractivity contribution in [3.63, 3.8) is 0 Å². The molecule has 5 nitrogen and oxygen atoms in total. The first-order valence-corrected chi connectivity index (χ1v) is 7.29. The molecule has 0 spiro atoms. The van der Waals surface area contributed by atoms with Crippen LogP contribution in [0.3, 0.4) is 0 Å². The number of likely N-dealkylation sites (tertiary alicyclic amines) is 1. The number of nitrogens with zero attached hydrogens (tertiary/aromatic N) is 3. The van der Waals surface area contributed by atoms with Gasteiger partial charge in [-0.1, -0.05) is 6.07 Å². The Bertz CT molecular complexity index is 698.